The van der Waals surface area contributed by atoms with Gasteiger partial charge in [-0.1, -0.05) is 6.92 Å². The molecule has 1 aromatic heterocycles. The quantitative estimate of drug-likeness (QED) is 0.840. The molecule has 0 aliphatic carbocycles. The molecule has 1 aliphatic heterocycles. The predicted molar refractivity (Wildman–Crippen MR) is 72.7 cm³/mol. The van der Waals surface area contributed by atoms with Crippen molar-refractivity contribution in [2.75, 3.05) is 13.7 Å². The molecule has 0 bridgehead atoms. The van der Waals surface area contributed by atoms with E-state index in [2.05, 4.69) is 6.92 Å². The topological polar surface area (TPSA) is 42.7 Å². The second-order valence-electron chi connectivity index (χ2n) is 5.26. The maximum atomic E-state index is 12.5. The van der Waals surface area contributed by atoms with E-state index < -0.39 is 0 Å². The van der Waals surface area contributed by atoms with Crippen molar-refractivity contribution in [1.29, 1.82) is 0 Å². The molecule has 2 rings (SSSR count). The van der Waals surface area contributed by atoms with Crippen molar-refractivity contribution in [3.05, 3.63) is 23.7 Å². The van der Waals surface area contributed by atoms with E-state index in [9.17, 15) is 4.79 Å². The minimum absolute atomic E-state index is 0.0101. The van der Waals surface area contributed by atoms with Gasteiger partial charge in [0.05, 0.1) is 18.3 Å². The van der Waals surface area contributed by atoms with Crippen LogP contribution in [0.5, 0.6) is 0 Å². The van der Waals surface area contributed by atoms with Crippen LogP contribution >= 0.6 is 0 Å². The lowest BCUT2D eigenvalue weighted by atomic mass is 9.91. The molecule has 19 heavy (non-hydrogen) atoms. The first-order chi connectivity index (χ1) is 9.13. The lowest BCUT2D eigenvalue weighted by Gasteiger charge is -2.32. The molecule has 1 aliphatic rings. The van der Waals surface area contributed by atoms with Gasteiger partial charge in [-0.3, -0.25) is 4.79 Å². The normalized spacial score (nSPS) is 23.3. The van der Waals surface area contributed by atoms with Crippen LogP contribution < -0.4 is 0 Å². The molecular weight excluding hydrogens is 242 g/mol. The van der Waals surface area contributed by atoms with E-state index in [0.717, 1.165) is 37.2 Å². The first-order valence-electron chi connectivity index (χ1n) is 7.03. The molecule has 4 heteroatoms. The minimum Gasteiger partial charge on any atom is -0.469 e. The molecule has 2 atom stereocenters. The summed E-state index contributed by atoms with van der Waals surface area (Å²) in [5.41, 5.74) is 1.07. The Morgan fingerprint density at radius 1 is 1.53 bits per heavy atom. The Morgan fingerprint density at radius 2 is 2.32 bits per heavy atom. The van der Waals surface area contributed by atoms with Gasteiger partial charge in [0, 0.05) is 25.8 Å². The van der Waals surface area contributed by atoms with Crippen molar-refractivity contribution < 1.29 is 13.9 Å². The second kappa shape index (κ2) is 6.24. The highest BCUT2D eigenvalue weighted by atomic mass is 16.5. The summed E-state index contributed by atoms with van der Waals surface area (Å²) >= 11 is 0. The third-order valence-electron chi connectivity index (χ3n) is 3.91. The standard InChI is InChI=1S/C15H23NO3/c1-4-14-13(6-5-8-19-14)15(17)16(3)10-12-7-9-18-11(12)2/h7,9,13-14H,4-6,8,10H2,1-3H3. The Morgan fingerprint density at radius 3 is 2.95 bits per heavy atom. The van der Waals surface area contributed by atoms with Gasteiger partial charge in [-0.05, 0) is 32.3 Å². The summed E-state index contributed by atoms with van der Waals surface area (Å²) in [6.07, 6.45) is 4.56. The van der Waals surface area contributed by atoms with Crippen LogP contribution in [-0.4, -0.2) is 30.6 Å². The van der Waals surface area contributed by atoms with Crippen LogP contribution in [0, 0.1) is 12.8 Å². The van der Waals surface area contributed by atoms with Gasteiger partial charge in [0.2, 0.25) is 5.91 Å². The van der Waals surface area contributed by atoms with E-state index in [1.165, 1.54) is 0 Å². The Kier molecular flexibility index (Phi) is 4.64. The number of hydrogen-bond donors (Lipinski definition) is 0. The maximum Gasteiger partial charge on any atom is 0.228 e. The lowest BCUT2D eigenvalue weighted by molar-refractivity contribution is -0.144. The van der Waals surface area contributed by atoms with E-state index in [-0.39, 0.29) is 17.9 Å². The summed E-state index contributed by atoms with van der Waals surface area (Å²) in [6.45, 7) is 5.39. The van der Waals surface area contributed by atoms with Crippen LogP contribution in [0.15, 0.2) is 16.7 Å². The van der Waals surface area contributed by atoms with Gasteiger partial charge in [0.15, 0.2) is 0 Å². The highest BCUT2D eigenvalue weighted by Crippen LogP contribution is 2.25. The number of ether oxygens (including phenoxy) is 1. The fourth-order valence-corrected chi connectivity index (χ4v) is 2.72. The Bertz CT molecular complexity index is 427. The molecule has 1 fully saturated rings. The average molecular weight is 265 g/mol. The summed E-state index contributed by atoms with van der Waals surface area (Å²) in [5.74, 6) is 1.08. The maximum absolute atomic E-state index is 12.5. The van der Waals surface area contributed by atoms with Gasteiger partial charge >= 0.3 is 0 Å². The summed E-state index contributed by atoms with van der Waals surface area (Å²) in [6, 6.07) is 1.92. The largest absolute Gasteiger partial charge is 0.469 e. The minimum atomic E-state index is 0.0101. The molecule has 0 N–H and O–H groups in total. The molecule has 0 saturated carbocycles. The van der Waals surface area contributed by atoms with Crippen molar-refractivity contribution in [3.63, 3.8) is 0 Å². The van der Waals surface area contributed by atoms with Gasteiger partial charge in [-0.2, -0.15) is 0 Å². The summed E-state index contributed by atoms with van der Waals surface area (Å²) in [4.78, 5) is 14.3. The van der Waals surface area contributed by atoms with Crippen molar-refractivity contribution >= 4 is 5.91 Å². The molecule has 4 nitrogen and oxygen atoms in total. The van der Waals surface area contributed by atoms with E-state index in [0.29, 0.717) is 6.54 Å². The molecule has 1 saturated heterocycles. The first kappa shape index (κ1) is 14.1. The third-order valence-corrected chi connectivity index (χ3v) is 3.91. The summed E-state index contributed by atoms with van der Waals surface area (Å²) in [7, 11) is 1.86. The molecule has 0 spiro atoms. The van der Waals surface area contributed by atoms with Crippen LogP contribution in [0.25, 0.3) is 0 Å². The SMILES string of the molecule is CCC1OCCCC1C(=O)N(C)Cc1ccoc1C. The zero-order chi connectivity index (χ0) is 13.8. The molecule has 2 unspecified atom stereocenters. The zero-order valence-corrected chi connectivity index (χ0v) is 12.0. The van der Waals surface area contributed by atoms with Crippen LogP contribution in [0.3, 0.4) is 0 Å². The number of hydrogen-bond acceptors (Lipinski definition) is 3. The number of amides is 1. The van der Waals surface area contributed by atoms with E-state index >= 15 is 0 Å². The molecular formula is C15H23NO3. The summed E-state index contributed by atoms with van der Waals surface area (Å²) in [5, 5.41) is 0. The first-order valence-corrected chi connectivity index (χ1v) is 7.03. The predicted octanol–water partition coefficient (Wildman–Crippen LogP) is 2.75. The number of carbonyl (C=O) groups excluding carboxylic acids is 1. The van der Waals surface area contributed by atoms with Crippen molar-refractivity contribution in [2.45, 2.75) is 45.8 Å². The van der Waals surface area contributed by atoms with Gasteiger partial charge in [-0.25, -0.2) is 0 Å². The van der Waals surface area contributed by atoms with E-state index in [1.807, 2.05) is 20.0 Å². The monoisotopic (exact) mass is 265 g/mol. The van der Waals surface area contributed by atoms with Crippen LogP contribution in [0.2, 0.25) is 0 Å². The zero-order valence-electron chi connectivity index (χ0n) is 12.0. The smallest absolute Gasteiger partial charge is 0.228 e. The Labute approximate surface area is 114 Å². The number of aryl methyl sites for hydroxylation is 1. The number of nitrogens with zero attached hydrogens (tertiary/aromatic N) is 1. The van der Waals surface area contributed by atoms with Crippen molar-refractivity contribution in [3.8, 4) is 0 Å². The molecule has 0 radical (unpaired) electrons. The highest BCUT2D eigenvalue weighted by Gasteiger charge is 2.32. The summed E-state index contributed by atoms with van der Waals surface area (Å²) < 4.78 is 11.0. The van der Waals surface area contributed by atoms with Gasteiger partial charge in [-0.15, -0.1) is 0 Å². The second-order valence-corrected chi connectivity index (χ2v) is 5.26. The van der Waals surface area contributed by atoms with Crippen LogP contribution in [0.1, 0.15) is 37.5 Å². The van der Waals surface area contributed by atoms with Crippen molar-refractivity contribution in [1.82, 2.24) is 4.90 Å². The average Bonchev–Trinajstić information content (AvgIpc) is 2.83. The molecule has 1 aromatic rings. The van der Waals surface area contributed by atoms with Crippen LogP contribution in [0.4, 0.5) is 0 Å². The molecule has 106 valence electrons. The van der Waals surface area contributed by atoms with E-state index in [1.54, 1.807) is 11.2 Å². The molecule has 0 aromatic carbocycles. The molecule has 1 amide bonds. The van der Waals surface area contributed by atoms with Gasteiger partial charge < -0.3 is 14.1 Å². The Balaban J connectivity index is 2.00. The molecule has 2 heterocycles. The lowest BCUT2D eigenvalue weighted by Crippen LogP contribution is -2.41. The number of carbonyl (C=O) groups is 1. The van der Waals surface area contributed by atoms with Crippen molar-refractivity contribution in [2.24, 2.45) is 5.92 Å². The van der Waals surface area contributed by atoms with E-state index in [4.69, 9.17) is 9.15 Å². The van der Waals surface area contributed by atoms with Crippen LogP contribution in [-0.2, 0) is 16.1 Å². The number of rotatable bonds is 4. The fourth-order valence-electron chi connectivity index (χ4n) is 2.72. The Hall–Kier alpha value is -1.29. The third kappa shape index (κ3) is 3.18. The highest BCUT2D eigenvalue weighted by molar-refractivity contribution is 5.79. The van der Waals surface area contributed by atoms with Gasteiger partial charge in [0.25, 0.3) is 0 Å². The van der Waals surface area contributed by atoms with Gasteiger partial charge in [0.1, 0.15) is 5.76 Å². The number of furan rings is 1. The fraction of sp³-hybridized carbons (Fsp3) is 0.667.